The van der Waals surface area contributed by atoms with Crippen LogP contribution < -0.4 is 14.4 Å². The number of nitrogens with zero attached hydrogens (tertiary/aromatic N) is 2. The van der Waals surface area contributed by atoms with Crippen molar-refractivity contribution in [2.24, 2.45) is 0 Å². The van der Waals surface area contributed by atoms with Gasteiger partial charge in [0.25, 0.3) is 10.0 Å². The molecular weight excluding hydrogens is 593 g/mol. The van der Waals surface area contributed by atoms with Gasteiger partial charge in [0.1, 0.15) is 24.2 Å². The molecule has 1 N–H and O–H groups in total. The summed E-state index contributed by atoms with van der Waals surface area (Å²) in [5.41, 5.74) is 1.69. The van der Waals surface area contributed by atoms with Crippen molar-refractivity contribution in [1.29, 1.82) is 0 Å². The molecule has 0 radical (unpaired) electrons. The molecule has 0 bridgehead atoms. The maximum Gasteiger partial charge on any atom is 0.264 e. The van der Waals surface area contributed by atoms with Gasteiger partial charge in [-0.05, 0) is 73.0 Å². The number of nitrogens with one attached hydrogen (secondary N) is 1. The van der Waals surface area contributed by atoms with Gasteiger partial charge in [-0.25, -0.2) is 12.8 Å². The average molecular weight is 632 g/mol. The number of halogens is 1. The highest BCUT2D eigenvalue weighted by Crippen LogP contribution is 2.26. The van der Waals surface area contributed by atoms with Gasteiger partial charge in [0, 0.05) is 19.0 Å². The summed E-state index contributed by atoms with van der Waals surface area (Å²) in [7, 11) is -2.75. The van der Waals surface area contributed by atoms with E-state index in [1.165, 1.54) is 48.4 Å². The van der Waals surface area contributed by atoms with E-state index in [1.54, 1.807) is 42.5 Å². The lowest BCUT2D eigenvalue weighted by molar-refractivity contribution is -0.140. The Morgan fingerprint density at radius 3 is 2.02 bits per heavy atom. The SMILES string of the molecule is CC[C@H](C)NC(=O)[C@H](Cc1ccccc1)N(Cc1ccc(F)cc1)C(=O)CN(c1ccccc1)S(=O)(=O)c1ccc(OC)cc1. The lowest BCUT2D eigenvalue weighted by Crippen LogP contribution is -2.54. The molecule has 0 fully saturated rings. The molecule has 0 spiro atoms. The fourth-order valence-electron chi connectivity index (χ4n) is 4.78. The number of carbonyl (C=O) groups excluding carboxylic acids is 2. The lowest BCUT2D eigenvalue weighted by Gasteiger charge is -2.34. The van der Waals surface area contributed by atoms with E-state index in [4.69, 9.17) is 4.74 Å². The third kappa shape index (κ3) is 8.69. The van der Waals surface area contributed by atoms with Gasteiger partial charge in [0.05, 0.1) is 17.7 Å². The first-order valence-corrected chi connectivity index (χ1v) is 16.2. The number of sulfonamides is 1. The normalized spacial score (nSPS) is 12.5. The Bertz CT molecular complexity index is 1650. The second-order valence-corrected chi connectivity index (χ2v) is 12.6. The van der Waals surface area contributed by atoms with E-state index in [0.717, 1.165) is 9.87 Å². The quantitative estimate of drug-likeness (QED) is 0.196. The van der Waals surface area contributed by atoms with Crippen molar-refractivity contribution < 1.29 is 27.1 Å². The summed E-state index contributed by atoms with van der Waals surface area (Å²) in [6.07, 6.45) is 0.865. The maximum atomic E-state index is 14.4. The van der Waals surface area contributed by atoms with E-state index >= 15 is 0 Å². The Kier molecular flexibility index (Phi) is 11.3. The minimum atomic E-state index is -4.23. The molecule has 0 aliphatic carbocycles. The molecule has 2 atom stereocenters. The lowest BCUT2D eigenvalue weighted by atomic mass is 10.0. The number of rotatable bonds is 14. The monoisotopic (exact) mass is 631 g/mol. The third-order valence-corrected chi connectivity index (χ3v) is 9.30. The van der Waals surface area contributed by atoms with Crippen LogP contribution in [0.1, 0.15) is 31.4 Å². The first kappa shape index (κ1) is 33.2. The number of ether oxygens (including phenoxy) is 1. The van der Waals surface area contributed by atoms with E-state index in [2.05, 4.69) is 5.32 Å². The van der Waals surface area contributed by atoms with Crippen molar-refractivity contribution in [3.63, 3.8) is 0 Å². The van der Waals surface area contributed by atoms with Gasteiger partial charge < -0.3 is 15.0 Å². The summed E-state index contributed by atoms with van der Waals surface area (Å²) in [6.45, 7) is 3.19. The minimum absolute atomic E-state index is 0.0274. The van der Waals surface area contributed by atoms with Crippen molar-refractivity contribution in [3.05, 3.63) is 126 Å². The fourth-order valence-corrected chi connectivity index (χ4v) is 6.19. The van der Waals surface area contributed by atoms with Crippen LogP contribution in [0.25, 0.3) is 0 Å². The molecular formula is C35H38FN3O5S. The Morgan fingerprint density at radius 1 is 0.844 bits per heavy atom. The van der Waals surface area contributed by atoms with Crippen molar-refractivity contribution >= 4 is 27.5 Å². The van der Waals surface area contributed by atoms with Crippen LogP contribution in [-0.4, -0.2) is 50.9 Å². The minimum Gasteiger partial charge on any atom is -0.497 e. The first-order chi connectivity index (χ1) is 21.6. The Labute approximate surface area is 264 Å². The van der Waals surface area contributed by atoms with E-state index in [-0.39, 0.29) is 35.5 Å². The molecule has 0 aromatic heterocycles. The maximum absolute atomic E-state index is 14.4. The topological polar surface area (TPSA) is 96.0 Å². The van der Waals surface area contributed by atoms with Crippen molar-refractivity contribution in [2.75, 3.05) is 18.0 Å². The summed E-state index contributed by atoms with van der Waals surface area (Å²) < 4.78 is 48.2. The predicted octanol–water partition coefficient (Wildman–Crippen LogP) is 5.58. The van der Waals surface area contributed by atoms with Crippen LogP contribution >= 0.6 is 0 Å². The van der Waals surface area contributed by atoms with Gasteiger partial charge >= 0.3 is 0 Å². The smallest absolute Gasteiger partial charge is 0.264 e. The molecule has 0 saturated carbocycles. The first-order valence-electron chi connectivity index (χ1n) is 14.7. The summed E-state index contributed by atoms with van der Waals surface area (Å²) in [5, 5.41) is 3.00. The molecule has 0 saturated heterocycles. The Balaban J connectivity index is 1.78. The molecule has 4 aromatic rings. The predicted molar refractivity (Wildman–Crippen MR) is 173 cm³/mol. The summed E-state index contributed by atoms with van der Waals surface area (Å²) in [4.78, 5) is 29.6. The van der Waals surface area contributed by atoms with Crippen LogP contribution in [0.15, 0.2) is 114 Å². The zero-order valence-corrected chi connectivity index (χ0v) is 26.4. The summed E-state index contributed by atoms with van der Waals surface area (Å²) in [6, 6.07) is 28.1. The van der Waals surface area contributed by atoms with E-state index in [1.807, 2.05) is 44.2 Å². The van der Waals surface area contributed by atoms with Crippen molar-refractivity contribution in [2.45, 2.75) is 50.2 Å². The largest absolute Gasteiger partial charge is 0.497 e. The van der Waals surface area contributed by atoms with Crippen molar-refractivity contribution in [1.82, 2.24) is 10.2 Å². The molecule has 2 amide bonds. The fraction of sp³-hybridized carbons (Fsp3) is 0.257. The number of methoxy groups -OCH3 is 1. The number of para-hydroxylation sites is 1. The zero-order chi connectivity index (χ0) is 32.4. The molecule has 10 heteroatoms. The van der Waals surface area contributed by atoms with E-state index in [9.17, 15) is 22.4 Å². The second-order valence-electron chi connectivity index (χ2n) is 10.7. The standard InChI is InChI=1S/C35H38FN3O5S/c1-4-26(2)37-35(41)33(23-27-11-7-5-8-12-27)38(24-28-15-17-29(36)18-16-28)34(40)25-39(30-13-9-6-10-14-30)45(42,43)32-21-19-31(44-3)20-22-32/h5-22,26,33H,4,23-25H2,1-3H3,(H,37,41)/t26-,33-/m0/s1. The van der Waals surface area contributed by atoms with Crippen LogP contribution in [-0.2, 0) is 32.6 Å². The third-order valence-electron chi connectivity index (χ3n) is 7.51. The number of anilines is 1. The van der Waals surface area contributed by atoms with Gasteiger partial charge in [-0.15, -0.1) is 0 Å². The molecule has 0 aliphatic rings. The average Bonchev–Trinajstić information content (AvgIpc) is 3.06. The highest BCUT2D eigenvalue weighted by atomic mass is 32.2. The molecule has 0 heterocycles. The summed E-state index contributed by atoms with van der Waals surface area (Å²) >= 11 is 0. The van der Waals surface area contributed by atoms with Gasteiger partial charge in [0.2, 0.25) is 11.8 Å². The van der Waals surface area contributed by atoms with Crippen LogP contribution in [0.3, 0.4) is 0 Å². The van der Waals surface area contributed by atoms with Crippen LogP contribution in [0, 0.1) is 5.82 Å². The van der Waals surface area contributed by atoms with Crippen LogP contribution in [0.4, 0.5) is 10.1 Å². The molecule has 4 rings (SSSR count). The molecule has 4 aromatic carbocycles. The number of carbonyl (C=O) groups is 2. The van der Waals surface area contributed by atoms with Gasteiger partial charge in [-0.3, -0.25) is 13.9 Å². The van der Waals surface area contributed by atoms with Gasteiger partial charge in [-0.2, -0.15) is 0 Å². The highest BCUT2D eigenvalue weighted by Gasteiger charge is 2.35. The molecule has 0 unspecified atom stereocenters. The molecule has 0 aliphatic heterocycles. The van der Waals surface area contributed by atoms with E-state index in [0.29, 0.717) is 17.7 Å². The van der Waals surface area contributed by atoms with E-state index < -0.39 is 34.3 Å². The highest BCUT2D eigenvalue weighted by molar-refractivity contribution is 7.92. The van der Waals surface area contributed by atoms with Crippen LogP contribution in [0.5, 0.6) is 5.75 Å². The van der Waals surface area contributed by atoms with Crippen molar-refractivity contribution in [3.8, 4) is 5.75 Å². The van der Waals surface area contributed by atoms with Crippen LogP contribution in [0.2, 0.25) is 0 Å². The Morgan fingerprint density at radius 2 is 1.44 bits per heavy atom. The molecule has 45 heavy (non-hydrogen) atoms. The second kappa shape index (κ2) is 15.3. The number of hydrogen-bond acceptors (Lipinski definition) is 5. The van der Waals surface area contributed by atoms with Gasteiger partial charge in [-0.1, -0.05) is 67.6 Å². The number of benzene rings is 4. The molecule has 236 valence electrons. The molecule has 8 nitrogen and oxygen atoms in total. The zero-order valence-electron chi connectivity index (χ0n) is 25.6. The van der Waals surface area contributed by atoms with Gasteiger partial charge in [0.15, 0.2) is 0 Å². The number of amides is 2. The summed E-state index contributed by atoms with van der Waals surface area (Å²) in [5.74, 6) is -0.918. The number of hydrogen-bond donors (Lipinski definition) is 1. The Hall–Kier alpha value is -4.70.